The number of likely N-dealkylation sites (tertiary alicyclic amines) is 1. The number of halogens is 3. The number of hydrogen-bond acceptors (Lipinski definition) is 5. The molecule has 0 spiro atoms. The maximum absolute atomic E-state index is 12.9. The molecule has 9 heteroatoms. The molecule has 1 aliphatic heterocycles. The van der Waals surface area contributed by atoms with Gasteiger partial charge in [-0.1, -0.05) is 11.8 Å². The van der Waals surface area contributed by atoms with Gasteiger partial charge in [-0.25, -0.2) is 0 Å². The molecule has 1 aromatic carbocycles. The van der Waals surface area contributed by atoms with Crippen molar-refractivity contribution >= 4 is 17.3 Å². The lowest BCUT2D eigenvalue weighted by Gasteiger charge is -2.28. The molecule has 3 heterocycles. The summed E-state index contributed by atoms with van der Waals surface area (Å²) in [4.78, 5) is 2.29. The number of phenolic OH excluding ortho intramolecular Hbond substituents is 1. The average Bonchev–Trinajstić information content (AvgIpc) is 3.12. The number of hydrogen-bond donors (Lipinski definition) is 1. The quantitative estimate of drug-likeness (QED) is 0.700. The number of aromatic hydroxyl groups is 1. The number of thioether (sulfide) groups is 1. The topological polar surface area (TPSA) is 53.7 Å². The Bertz CT molecular complexity index is 1000. The van der Waals surface area contributed by atoms with Crippen LogP contribution in [0.5, 0.6) is 5.75 Å². The van der Waals surface area contributed by atoms with Crippen LogP contribution in [-0.2, 0) is 6.18 Å². The summed E-state index contributed by atoms with van der Waals surface area (Å²) in [6.45, 7) is 2.06. The molecule has 4 rings (SSSR count). The lowest BCUT2D eigenvalue weighted by atomic mass is 10.1. The molecule has 1 aliphatic rings. The molecule has 3 aromatic rings. The predicted octanol–water partition coefficient (Wildman–Crippen LogP) is 4.31. The second-order valence-electron chi connectivity index (χ2n) is 6.97. The summed E-state index contributed by atoms with van der Waals surface area (Å²) >= 11 is 1.65. The van der Waals surface area contributed by atoms with Crippen molar-refractivity contribution in [2.45, 2.75) is 29.4 Å². The molecule has 0 aliphatic carbocycles. The van der Waals surface area contributed by atoms with Crippen LogP contribution in [0.2, 0.25) is 0 Å². The van der Waals surface area contributed by atoms with Gasteiger partial charge in [-0.2, -0.15) is 13.2 Å². The summed E-state index contributed by atoms with van der Waals surface area (Å²) < 4.78 is 40.5. The van der Waals surface area contributed by atoms with Gasteiger partial charge in [-0.3, -0.25) is 4.40 Å². The number of aromatic nitrogens is 3. The smallest absolute Gasteiger partial charge is 0.416 e. The zero-order valence-corrected chi connectivity index (χ0v) is 16.0. The molecule has 28 heavy (non-hydrogen) atoms. The highest BCUT2D eigenvalue weighted by molar-refractivity contribution is 7.99. The van der Waals surface area contributed by atoms with Crippen LogP contribution in [0, 0.1) is 0 Å². The second kappa shape index (κ2) is 7.29. The Balaban J connectivity index is 1.70. The summed E-state index contributed by atoms with van der Waals surface area (Å²) in [5.74, 6) is -0.471. The van der Waals surface area contributed by atoms with Gasteiger partial charge < -0.3 is 10.0 Å². The van der Waals surface area contributed by atoms with Gasteiger partial charge in [-0.15, -0.1) is 10.2 Å². The average molecular weight is 408 g/mol. The van der Waals surface area contributed by atoms with E-state index in [1.165, 1.54) is 6.07 Å². The number of phenols is 1. The van der Waals surface area contributed by atoms with Gasteiger partial charge in [-0.05, 0) is 56.8 Å². The first-order valence-corrected chi connectivity index (χ1v) is 9.80. The maximum atomic E-state index is 12.9. The van der Waals surface area contributed by atoms with Crippen LogP contribution < -0.4 is 0 Å². The number of fused-ring (bicyclic) bond motifs is 1. The van der Waals surface area contributed by atoms with Crippen LogP contribution in [0.4, 0.5) is 13.2 Å². The van der Waals surface area contributed by atoms with E-state index in [9.17, 15) is 18.3 Å². The van der Waals surface area contributed by atoms with Crippen LogP contribution in [-0.4, -0.2) is 50.0 Å². The Morgan fingerprint density at radius 3 is 2.75 bits per heavy atom. The third-order valence-electron chi connectivity index (χ3n) is 4.87. The Morgan fingerprint density at radius 1 is 1.21 bits per heavy atom. The fraction of sp³-hybridized carbons (Fsp3) is 0.368. The Hall–Kier alpha value is -2.26. The molecule has 1 atom stereocenters. The highest BCUT2D eigenvalue weighted by Crippen LogP contribution is 2.38. The highest BCUT2D eigenvalue weighted by atomic mass is 32.2. The summed E-state index contributed by atoms with van der Waals surface area (Å²) in [5, 5.41) is 19.9. The van der Waals surface area contributed by atoms with E-state index in [0.29, 0.717) is 16.5 Å². The molecule has 0 amide bonds. The first-order chi connectivity index (χ1) is 13.3. The largest absolute Gasteiger partial charge is 0.507 e. The highest BCUT2D eigenvalue weighted by Gasteiger charge is 2.31. The third kappa shape index (κ3) is 3.68. The molecule has 0 radical (unpaired) electrons. The van der Waals surface area contributed by atoms with E-state index in [2.05, 4.69) is 22.1 Å². The summed E-state index contributed by atoms with van der Waals surface area (Å²) in [5.41, 5.74) is 0.359. The van der Waals surface area contributed by atoms with Crippen LogP contribution in [0.15, 0.2) is 41.7 Å². The van der Waals surface area contributed by atoms with Crippen LogP contribution in [0.25, 0.3) is 16.8 Å². The van der Waals surface area contributed by atoms with E-state index < -0.39 is 17.5 Å². The minimum absolute atomic E-state index is 0.221. The molecule has 0 unspecified atom stereocenters. The zero-order chi connectivity index (χ0) is 19.9. The lowest BCUT2D eigenvalue weighted by Crippen LogP contribution is -2.33. The van der Waals surface area contributed by atoms with Gasteiger partial charge in [0.05, 0.1) is 11.1 Å². The first kappa shape index (κ1) is 19.1. The molecule has 1 saturated heterocycles. The number of piperidine rings is 1. The van der Waals surface area contributed by atoms with E-state index in [0.717, 1.165) is 43.2 Å². The molecule has 5 nitrogen and oxygen atoms in total. The number of alkyl halides is 3. The van der Waals surface area contributed by atoms with E-state index in [1.807, 2.05) is 22.7 Å². The summed E-state index contributed by atoms with van der Waals surface area (Å²) in [7, 11) is 2.10. The molecule has 2 aromatic heterocycles. The zero-order valence-electron chi connectivity index (χ0n) is 15.1. The normalized spacial score (nSPS) is 18.6. The van der Waals surface area contributed by atoms with Crippen LogP contribution in [0.3, 0.4) is 0 Å². The van der Waals surface area contributed by atoms with E-state index in [-0.39, 0.29) is 5.56 Å². The van der Waals surface area contributed by atoms with Gasteiger partial charge >= 0.3 is 6.18 Å². The maximum Gasteiger partial charge on any atom is 0.416 e. The Morgan fingerprint density at radius 2 is 2.04 bits per heavy atom. The summed E-state index contributed by atoms with van der Waals surface area (Å²) in [6.07, 6.45) is -0.432. The number of benzene rings is 1. The number of nitrogens with zero attached hydrogens (tertiary/aromatic N) is 4. The fourth-order valence-electron chi connectivity index (χ4n) is 3.48. The van der Waals surface area contributed by atoms with Gasteiger partial charge in [0.15, 0.2) is 5.16 Å². The summed E-state index contributed by atoms with van der Waals surface area (Å²) in [6, 6.07) is 6.55. The van der Waals surface area contributed by atoms with Crippen molar-refractivity contribution in [2.75, 3.05) is 20.1 Å². The minimum atomic E-state index is -4.51. The van der Waals surface area contributed by atoms with Crippen LogP contribution >= 0.6 is 11.8 Å². The SMILES string of the molecule is CN1CCC[C@@H](Sc2nnc(-c3ccc(C(F)(F)F)cc3O)c3cccn23)C1. The lowest BCUT2D eigenvalue weighted by molar-refractivity contribution is -0.137. The van der Waals surface area contributed by atoms with Crippen LogP contribution in [0.1, 0.15) is 18.4 Å². The third-order valence-corrected chi connectivity index (χ3v) is 6.07. The van der Waals surface area contributed by atoms with Crippen molar-refractivity contribution in [3.63, 3.8) is 0 Å². The van der Waals surface area contributed by atoms with E-state index >= 15 is 0 Å². The monoisotopic (exact) mass is 408 g/mol. The molecule has 1 fully saturated rings. The van der Waals surface area contributed by atoms with Crippen molar-refractivity contribution in [1.29, 1.82) is 0 Å². The van der Waals surface area contributed by atoms with Gasteiger partial charge in [0.25, 0.3) is 0 Å². The van der Waals surface area contributed by atoms with E-state index in [4.69, 9.17) is 0 Å². The van der Waals surface area contributed by atoms with Crippen molar-refractivity contribution in [3.05, 3.63) is 42.1 Å². The fourth-order valence-corrected chi connectivity index (χ4v) is 4.75. The van der Waals surface area contributed by atoms with Gasteiger partial charge in [0.2, 0.25) is 0 Å². The molecule has 0 saturated carbocycles. The first-order valence-electron chi connectivity index (χ1n) is 8.92. The van der Waals surface area contributed by atoms with Gasteiger partial charge in [0, 0.05) is 23.6 Å². The van der Waals surface area contributed by atoms with Crippen molar-refractivity contribution in [3.8, 4) is 17.0 Å². The molecular formula is C19H19F3N4OS. The molecule has 0 bridgehead atoms. The minimum Gasteiger partial charge on any atom is -0.507 e. The number of rotatable bonds is 3. The predicted molar refractivity (Wildman–Crippen MR) is 101 cm³/mol. The Labute approximate surface area is 164 Å². The van der Waals surface area contributed by atoms with Crippen molar-refractivity contribution in [2.24, 2.45) is 0 Å². The van der Waals surface area contributed by atoms with Crippen molar-refractivity contribution in [1.82, 2.24) is 19.5 Å². The molecule has 148 valence electrons. The van der Waals surface area contributed by atoms with E-state index in [1.54, 1.807) is 11.8 Å². The standard InChI is InChI=1S/C19H19F3N4OS/c1-25-8-2-4-13(11-25)28-18-24-23-17(15-5-3-9-26(15)18)14-7-6-12(10-16(14)27)19(20,21)22/h3,5-7,9-10,13,27H,2,4,8,11H2,1H3/t13-/m1/s1. The molecule has 1 N–H and O–H groups in total. The Kier molecular flexibility index (Phi) is 4.96. The van der Waals surface area contributed by atoms with Gasteiger partial charge in [0.1, 0.15) is 11.4 Å². The second-order valence-corrected chi connectivity index (χ2v) is 8.24. The van der Waals surface area contributed by atoms with Crippen molar-refractivity contribution < 1.29 is 18.3 Å². The molecular weight excluding hydrogens is 389 g/mol.